The van der Waals surface area contributed by atoms with Crippen LogP contribution in [-0.4, -0.2) is 64.9 Å². The number of aryl methyl sites for hydroxylation is 1. The maximum absolute atomic E-state index is 12.7. The number of furan rings is 1. The Hall–Kier alpha value is -3.08. The van der Waals surface area contributed by atoms with Crippen LogP contribution in [0.2, 0.25) is 0 Å². The van der Waals surface area contributed by atoms with Gasteiger partial charge in [-0.05, 0) is 50.7 Å². The molecule has 1 N–H and O–H groups in total. The zero-order chi connectivity index (χ0) is 24.8. The molecule has 11 heteroatoms. The predicted molar refractivity (Wildman–Crippen MR) is 113 cm³/mol. The van der Waals surface area contributed by atoms with E-state index in [0.29, 0.717) is 29.7 Å². The number of carboxylic acid groups (broad SMARTS) is 1. The summed E-state index contributed by atoms with van der Waals surface area (Å²) in [7, 11) is 0. The highest BCUT2D eigenvalue weighted by Crippen LogP contribution is 2.42. The molecule has 2 aromatic heterocycles. The largest absolute Gasteiger partial charge is 0.490 e. The molecule has 2 saturated heterocycles. The van der Waals surface area contributed by atoms with Gasteiger partial charge in [-0.15, -0.1) is 0 Å². The molecule has 4 rings (SSSR count). The fraction of sp³-hybridized carbons (Fsp3) is 0.522. The van der Waals surface area contributed by atoms with E-state index in [1.165, 1.54) is 0 Å². The van der Waals surface area contributed by atoms with E-state index < -0.39 is 12.1 Å². The smallest absolute Gasteiger partial charge is 0.478 e. The Morgan fingerprint density at radius 3 is 2.53 bits per heavy atom. The number of hydrogen-bond acceptors (Lipinski definition) is 6. The number of alkyl halides is 3. The minimum Gasteiger partial charge on any atom is -0.478 e. The zero-order valence-corrected chi connectivity index (χ0v) is 18.7. The Morgan fingerprint density at radius 1 is 1.26 bits per heavy atom. The maximum Gasteiger partial charge on any atom is 0.490 e. The minimum atomic E-state index is -5.08. The van der Waals surface area contributed by atoms with E-state index in [2.05, 4.69) is 4.98 Å². The third-order valence-corrected chi connectivity index (χ3v) is 6.18. The lowest BCUT2D eigenvalue weighted by Crippen LogP contribution is -2.49. The monoisotopic (exact) mass is 484 g/mol. The third-order valence-electron chi connectivity index (χ3n) is 6.18. The molecule has 2 aliphatic heterocycles. The summed E-state index contributed by atoms with van der Waals surface area (Å²) in [5.41, 5.74) is 0.550. The number of carbonyl (C=O) groups is 2. The molecule has 0 aromatic carbocycles. The Labute approximate surface area is 194 Å². The first-order valence-corrected chi connectivity index (χ1v) is 10.9. The Bertz CT molecular complexity index is 955. The second-order valence-corrected chi connectivity index (χ2v) is 8.19. The molecule has 2 aromatic rings. The number of nitrogens with zero attached hydrogens (tertiary/aromatic N) is 2. The van der Waals surface area contributed by atoms with Crippen molar-refractivity contribution in [3.8, 4) is 5.88 Å². The predicted octanol–water partition coefficient (Wildman–Crippen LogP) is 4.10. The highest BCUT2D eigenvalue weighted by Gasteiger charge is 2.46. The highest BCUT2D eigenvalue weighted by molar-refractivity contribution is 5.95. The summed E-state index contributed by atoms with van der Waals surface area (Å²) >= 11 is 0. The van der Waals surface area contributed by atoms with Crippen LogP contribution in [0.5, 0.6) is 5.88 Å². The Kier molecular flexibility index (Phi) is 8.19. The highest BCUT2D eigenvalue weighted by atomic mass is 19.4. The molecule has 1 unspecified atom stereocenters. The van der Waals surface area contributed by atoms with Crippen molar-refractivity contribution in [1.82, 2.24) is 9.88 Å². The van der Waals surface area contributed by atoms with E-state index in [-0.39, 0.29) is 11.5 Å². The number of ether oxygens (including phenoxy) is 2. The number of halogens is 3. The summed E-state index contributed by atoms with van der Waals surface area (Å²) in [5.74, 6) is -0.880. The van der Waals surface area contributed by atoms with Crippen LogP contribution in [0.1, 0.15) is 41.8 Å². The van der Waals surface area contributed by atoms with Gasteiger partial charge >= 0.3 is 12.1 Å². The number of hydrogen-bond donors (Lipinski definition) is 1. The zero-order valence-electron chi connectivity index (χ0n) is 18.7. The van der Waals surface area contributed by atoms with E-state index in [1.807, 2.05) is 30.0 Å². The van der Waals surface area contributed by atoms with E-state index in [9.17, 15) is 18.0 Å². The minimum absolute atomic E-state index is 0.0594. The van der Waals surface area contributed by atoms with Gasteiger partial charge in [0.2, 0.25) is 5.88 Å². The number of rotatable bonds is 5. The van der Waals surface area contributed by atoms with Gasteiger partial charge in [0.05, 0.1) is 24.0 Å². The molecule has 0 saturated carbocycles. The standard InChI is InChI=1S/C21H26N2O4.C2HF3O2/c1-16-18(7-14-25-16)20(24)23-11-8-21(9-12-23)17(6-15-27-21)5-13-26-19-4-2-3-10-22-19;3-2(4,5)1(6)7/h2-4,7,10,14,17H,5-6,8-9,11-13,15H2,1H3;(H,6,7). The number of amides is 1. The molecule has 34 heavy (non-hydrogen) atoms. The van der Waals surface area contributed by atoms with Gasteiger partial charge in [-0.1, -0.05) is 6.07 Å². The molecule has 1 atom stereocenters. The molecule has 1 spiro atoms. The number of pyridine rings is 1. The van der Waals surface area contributed by atoms with E-state index in [1.54, 1.807) is 18.5 Å². The quantitative estimate of drug-likeness (QED) is 0.682. The van der Waals surface area contributed by atoms with Crippen LogP contribution in [0.3, 0.4) is 0 Å². The number of aromatic nitrogens is 1. The summed E-state index contributed by atoms with van der Waals surface area (Å²) in [6.07, 6.45) is 2.00. The van der Waals surface area contributed by atoms with Crippen LogP contribution in [0.15, 0.2) is 41.1 Å². The van der Waals surface area contributed by atoms with E-state index in [4.69, 9.17) is 23.8 Å². The van der Waals surface area contributed by atoms with Gasteiger partial charge in [0, 0.05) is 32.0 Å². The fourth-order valence-corrected chi connectivity index (χ4v) is 4.35. The number of likely N-dealkylation sites (tertiary alicyclic amines) is 1. The molecule has 2 aliphatic rings. The third kappa shape index (κ3) is 6.28. The van der Waals surface area contributed by atoms with Gasteiger partial charge in [0.25, 0.3) is 5.91 Å². The van der Waals surface area contributed by atoms with Crippen molar-refractivity contribution in [3.05, 3.63) is 48.0 Å². The van der Waals surface area contributed by atoms with Gasteiger partial charge in [-0.3, -0.25) is 4.79 Å². The molecular weight excluding hydrogens is 457 g/mol. The lowest BCUT2D eigenvalue weighted by molar-refractivity contribution is -0.192. The molecule has 0 radical (unpaired) electrons. The summed E-state index contributed by atoms with van der Waals surface area (Å²) in [4.78, 5) is 27.7. The molecule has 0 aliphatic carbocycles. The molecule has 0 bridgehead atoms. The van der Waals surface area contributed by atoms with Crippen LogP contribution in [0.25, 0.3) is 0 Å². The number of aliphatic carboxylic acids is 1. The lowest BCUT2D eigenvalue weighted by atomic mass is 9.78. The van der Waals surface area contributed by atoms with E-state index >= 15 is 0 Å². The average molecular weight is 484 g/mol. The van der Waals surface area contributed by atoms with Crippen molar-refractivity contribution in [2.75, 3.05) is 26.3 Å². The van der Waals surface area contributed by atoms with Crippen molar-refractivity contribution in [2.45, 2.75) is 44.4 Å². The summed E-state index contributed by atoms with van der Waals surface area (Å²) in [5, 5.41) is 7.12. The van der Waals surface area contributed by atoms with Crippen LogP contribution >= 0.6 is 0 Å². The van der Waals surface area contributed by atoms with Crippen LogP contribution < -0.4 is 4.74 Å². The molecule has 4 heterocycles. The van der Waals surface area contributed by atoms with Crippen LogP contribution in [0, 0.1) is 12.8 Å². The topological polar surface area (TPSA) is 102 Å². The fourth-order valence-electron chi connectivity index (χ4n) is 4.35. The van der Waals surface area contributed by atoms with Crippen molar-refractivity contribution in [2.24, 2.45) is 5.92 Å². The summed E-state index contributed by atoms with van der Waals surface area (Å²) in [6.45, 7) is 4.71. The van der Waals surface area contributed by atoms with Gasteiger partial charge in [-0.2, -0.15) is 13.2 Å². The van der Waals surface area contributed by atoms with Crippen molar-refractivity contribution in [1.29, 1.82) is 0 Å². The van der Waals surface area contributed by atoms with Gasteiger partial charge < -0.3 is 23.9 Å². The van der Waals surface area contributed by atoms with Crippen molar-refractivity contribution in [3.63, 3.8) is 0 Å². The average Bonchev–Trinajstić information content (AvgIpc) is 3.40. The van der Waals surface area contributed by atoms with Crippen LogP contribution in [-0.2, 0) is 9.53 Å². The Balaban J connectivity index is 0.000000406. The first kappa shape index (κ1) is 25.5. The lowest BCUT2D eigenvalue weighted by Gasteiger charge is -2.42. The summed E-state index contributed by atoms with van der Waals surface area (Å²) in [6, 6.07) is 7.44. The second-order valence-electron chi connectivity index (χ2n) is 8.19. The second kappa shape index (κ2) is 10.9. The number of piperidine rings is 1. The van der Waals surface area contributed by atoms with Gasteiger partial charge in [0.1, 0.15) is 5.76 Å². The first-order chi connectivity index (χ1) is 16.1. The maximum atomic E-state index is 12.7. The number of carbonyl (C=O) groups excluding carboxylic acids is 1. The first-order valence-electron chi connectivity index (χ1n) is 10.9. The number of carboxylic acids is 1. The summed E-state index contributed by atoms with van der Waals surface area (Å²) < 4.78 is 49.0. The normalized spacial score (nSPS) is 19.4. The Morgan fingerprint density at radius 2 is 1.97 bits per heavy atom. The van der Waals surface area contributed by atoms with E-state index in [0.717, 1.165) is 45.4 Å². The molecular formula is C23H27F3N2O6. The van der Waals surface area contributed by atoms with Crippen LogP contribution in [0.4, 0.5) is 13.2 Å². The van der Waals surface area contributed by atoms with Gasteiger partial charge in [0.15, 0.2) is 0 Å². The van der Waals surface area contributed by atoms with Crippen molar-refractivity contribution < 1.29 is 41.8 Å². The molecule has 8 nitrogen and oxygen atoms in total. The molecule has 1 amide bonds. The van der Waals surface area contributed by atoms with Crippen molar-refractivity contribution >= 4 is 11.9 Å². The van der Waals surface area contributed by atoms with Gasteiger partial charge in [-0.25, -0.2) is 9.78 Å². The molecule has 186 valence electrons. The SMILES string of the molecule is Cc1occc1C(=O)N1CCC2(CC1)OCCC2CCOc1ccccn1.O=C(O)C(F)(F)F. The molecule has 2 fully saturated rings.